The summed E-state index contributed by atoms with van der Waals surface area (Å²) in [6.07, 6.45) is 3.97. The summed E-state index contributed by atoms with van der Waals surface area (Å²) >= 11 is 0. The SMILES string of the molecule is CCNC(=NCC(=O)N1CCN(c2ccccc2)CC1)NCCN1CCCCC1.I. The second-order valence-corrected chi connectivity index (χ2v) is 7.73. The van der Waals surface area contributed by atoms with Crippen LogP contribution in [0.2, 0.25) is 0 Å². The van der Waals surface area contributed by atoms with Gasteiger partial charge in [-0.15, -0.1) is 24.0 Å². The van der Waals surface area contributed by atoms with Gasteiger partial charge in [0.15, 0.2) is 5.96 Å². The fourth-order valence-corrected chi connectivity index (χ4v) is 3.96. The number of carbonyl (C=O) groups is 1. The quantitative estimate of drug-likeness (QED) is 0.322. The molecule has 2 aliphatic rings. The number of carbonyl (C=O) groups excluding carboxylic acids is 1. The van der Waals surface area contributed by atoms with Crippen molar-refractivity contribution in [3.05, 3.63) is 30.3 Å². The first-order chi connectivity index (χ1) is 14.3. The molecule has 3 rings (SSSR count). The molecule has 2 fully saturated rings. The number of benzene rings is 1. The fourth-order valence-electron chi connectivity index (χ4n) is 3.96. The number of amides is 1. The van der Waals surface area contributed by atoms with E-state index >= 15 is 0 Å². The summed E-state index contributed by atoms with van der Waals surface area (Å²) in [5.41, 5.74) is 1.23. The average molecular weight is 528 g/mol. The van der Waals surface area contributed by atoms with Crippen molar-refractivity contribution in [3.63, 3.8) is 0 Å². The van der Waals surface area contributed by atoms with Gasteiger partial charge in [-0.3, -0.25) is 4.79 Å². The fraction of sp³-hybridized carbons (Fsp3) is 0.636. The van der Waals surface area contributed by atoms with Crippen molar-refractivity contribution in [1.82, 2.24) is 20.4 Å². The lowest BCUT2D eigenvalue weighted by Gasteiger charge is -2.36. The Balaban J connectivity index is 0.00000320. The van der Waals surface area contributed by atoms with Gasteiger partial charge in [0.25, 0.3) is 0 Å². The van der Waals surface area contributed by atoms with Crippen LogP contribution in [-0.4, -0.2) is 87.1 Å². The van der Waals surface area contributed by atoms with Gasteiger partial charge in [-0.25, -0.2) is 4.99 Å². The lowest BCUT2D eigenvalue weighted by molar-refractivity contribution is -0.129. The molecule has 0 aliphatic carbocycles. The van der Waals surface area contributed by atoms with Crippen LogP contribution < -0.4 is 15.5 Å². The Morgan fingerprint density at radius 1 is 0.967 bits per heavy atom. The minimum absolute atomic E-state index is 0. The summed E-state index contributed by atoms with van der Waals surface area (Å²) in [5.74, 6) is 0.840. The molecule has 30 heavy (non-hydrogen) atoms. The lowest BCUT2D eigenvalue weighted by Crippen LogP contribution is -2.49. The highest BCUT2D eigenvalue weighted by atomic mass is 127. The van der Waals surface area contributed by atoms with Crippen molar-refractivity contribution in [2.45, 2.75) is 26.2 Å². The zero-order valence-corrected chi connectivity index (χ0v) is 20.5. The standard InChI is InChI=1S/C22H36N6O.HI/c1-2-23-22(24-11-14-26-12-7-4-8-13-26)25-19-21(29)28-17-15-27(16-18-28)20-9-5-3-6-10-20;/h3,5-6,9-10H,2,4,7-8,11-19H2,1H3,(H2,23,24,25);1H. The molecule has 0 unspecified atom stereocenters. The smallest absolute Gasteiger partial charge is 0.244 e. The Hall–Kier alpha value is -1.55. The van der Waals surface area contributed by atoms with Crippen molar-refractivity contribution in [3.8, 4) is 0 Å². The molecule has 0 spiro atoms. The number of para-hydroxylation sites is 1. The molecular formula is C22H37IN6O. The van der Waals surface area contributed by atoms with Gasteiger partial charge in [-0.1, -0.05) is 24.6 Å². The van der Waals surface area contributed by atoms with Crippen molar-refractivity contribution >= 4 is 41.5 Å². The van der Waals surface area contributed by atoms with E-state index in [1.165, 1.54) is 38.0 Å². The number of nitrogens with one attached hydrogen (secondary N) is 2. The normalized spacial score (nSPS) is 18.0. The zero-order valence-electron chi connectivity index (χ0n) is 18.2. The number of hydrogen-bond donors (Lipinski definition) is 2. The molecule has 0 aromatic heterocycles. The van der Waals surface area contributed by atoms with Gasteiger partial charge >= 0.3 is 0 Å². The van der Waals surface area contributed by atoms with Crippen LogP contribution in [0.1, 0.15) is 26.2 Å². The summed E-state index contributed by atoms with van der Waals surface area (Å²) in [6.45, 7) is 10.6. The van der Waals surface area contributed by atoms with E-state index in [0.29, 0.717) is 0 Å². The third-order valence-electron chi connectivity index (χ3n) is 5.64. The van der Waals surface area contributed by atoms with Gasteiger partial charge in [0.1, 0.15) is 6.54 Å². The van der Waals surface area contributed by atoms with Crippen LogP contribution in [0.4, 0.5) is 5.69 Å². The summed E-state index contributed by atoms with van der Waals surface area (Å²) in [4.78, 5) is 23.9. The molecule has 1 aromatic carbocycles. The minimum Gasteiger partial charge on any atom is -0.368 e. The van der Waals surface area contributed by atoms with Gasteiger partial charge in [-0.05, 0) is 45.0 Å². The molecule has 1 aromatic rings. The highest BCUT2D eigenvalue weighted by Crippen LogP contribution is 2.15. The summed E-state index contributed by atoms with van der Waals surface area (Å²) in [7, 11) is 0. The van der Waals surface area contributed by atoms with E-state index in [9.17, 15) is 4.79 Å². The molecule has 2 saturated heterocycles. The first-order valence-electron chi connectivity index (χ1n) is 11.1. The van der Waals surface area contributed by atoms with Gasteiger partial charge in [0.05, 0.1) is 0 Å². The van der Waals surface area contributed by atoms with Crippen molar-refractivity contribution in [2.75, 3.05) is 70.3 Å². The summed E-state index contributed by atoms with van der Waals surface area (Å²) in [6, 6.07) is 10.4. The highest BCUT2D eigenvalue weighted by Gasteiger charge is 2.21. The third kappa shape index (κ3) is 7.94. The Kier molecular flexibility index (Phi) is 11.3. The van der Waals surface area contributed by atoms with Crippen LogP contribution in [-0.2, 0) is 4.79 Å². The second-order valence-electron chi connectivity index (χ2n) is 7.73. The number of hydrogen-bond acceptors (Lipinski definition) is 4. The number of nitrogens with zero attached hydrogens (tertiary/aromatic N) is 4. The van der Waals surface area contributed by atoms with Gasteiger partial charge in [0, 0.05) is 51.5 Å². The maximum atomic E-state index is 12.6. The van der Waals surface area contributed by atoms with E-state index in [2.05, 4.69) is 49.7 Å². The number of halogens is 1. The number of likely N-dealkylation sites (tertiary alicyclic amines) is 1. The first-order valence-corrected chi connectivity index (χ1v) is 11.1. The van der Waals surface area contributed by atoms with Crippen LogP contribution >= 0.6 is 24.0 Å². The van der Waals surface area contributed by atoms with E-state index in [1.807, 2.05) is 17.9 Å². The van der Waals surface area contributed by atoms with Crippen LogP contribution in [0.5, 0.6) is 0 Å². The molecular weight excluding hydrogens is 491 g/mol. The van der Waals surface area contributed by atoms with E-state index in [4.69, 9.17) is 0 Å². The Morgan fingerprint density at radius 3 is 2.33 bits per heavy atom. The Morgan fingerprint density at radius 2 is 1.67 bits per heavy atom. The monoisotopic (exact) mass is 528 g/mol. The van der Waals surface area contributed by atoms with Gasteiger partial charge in [0.2, 0.25) is 5.91 Å². The first kappa shape index (κ1) is 24.7. The predicted octanol–water partition coefficient (Wildman–Crippen LogP) is 1.99. The molecule has 2 aliphatic heterocycles. The number of anilines is 1. The van der Waals surface area contributed by atoms with E-state index in [-0.39, 0.29) is 36.4 Å². The molecule has 0 saturated carbocycles. The van der Waals surface area contributed by atoms with Gasteiger partial charge in [-0.2, -0.15) is 0 Å². The maximum Gasteiger partial charge on any atom is 0.244 e. The molecule has 7 nitrogen and oxygen atoms in total. The van der Waals surface area contributed by atoms with Crippen LogP contribution in [0, 0.1) is 0 Å². The Labute approximate surface area is 198 Å². The second kappa shape index (κ2) is 13.7. The zero-order chi connectivity index (χ0) is 20.3. The molecule has 0 radical (unpaired) electrons. The topological polar surface area (TPSA) is 63.2 Å². The maximum absolute atomic E-state index is 12.6. The summed E-state index contributed by atoms with van der Waals surface area (Å²) < 4.78 is 0. The third-order valence-corrected chi connectivity index (χ3v) is 5.64. The van der Waals surface area contributed by atoms with Crippen LogP contribution in [0.25, 0.3) is 0 Å². The minimum atomic E-state index is 0. The average Bonchev–Trinajstić information content (AvgIpc) is 2.78. The Bertz CT molecular complexity index is 642. The highest BCUT2D eigenvalue weighted by molar-refractivity contribution is 14.0. The van der Waals surface area contributed by atoms with Crippen molar-refractivity contribution in [1.29, 1.82) is 0 Å². The molecule has 0 bridgehead atoms. The van der Waals surface area contributed by atoms with E-state index in [0.717, 1.165) is 51.8 Å². The molecule has 8 heteroatoms. The molecule has 1 amide bonds. The largest absolute Gasteiger partial charge is 0.368 e. The van der Waals surface area contributed by atoms with Crippen molar-refractivity contribution < 1.29 is 4.79 Å². The van der Waals surface area contributed by atoms with E-state index < -0.39 is 0 Å². The number of piperazine rings is 1. The predicted molar refractivity (Wildman–Crippen MR) is 135 cm³/mol. The molecule has 168 valence electrons. The van der Waals surface area contributed by atoms with E-state index in [1.54, 1.807) is 0 Å². The number of guanidine groups is 1. The number of piperidine rings is 1. The van der Waals surface area contributed by atoms with Crippen LogP contribution in [0.3, 0.4) is 0 Å². The molecule has 2 N–H and O–H groups in total. The lowest BCUT2D eigenvalue weighted by atomic mass is 10.1. The van der Waals surface area contributed by atoms with Crippen LogP contribution in [0.15, 0.2) is 35.3 Å². The van der Waals surface area contributed by atoms with Gasteiger partial charge < -0.3 is 25.3 Å². The van der Waals surface area contributed by atoms with Crippen molar-refractivity contribution in [2.24, 2.45) is 4.99 Å². The molecule has 2 heterocycles. The number of aliphatic imine (C=N–C) groups is 1. The number of rotatable bonds is 7. The summed E-state index contributed by atoms with van der Waals surface area (Å²) in [5, 5.41) is 6.62. The molecule has 0 atom stereocenters.